The summed E-state index contributed by atoms with van der Waals surface area (Å²) in [7, 11) is 0. The van der Waals surface area contributed by atoms with E-state index in [9.17, 15) is 0 Å². The van der Waals surface area contributed by atoms with E-state index in [0.717, 1.165) is 33.3 Å². The summed E-state index contributed by atoms with van der Waals surface area (Å²) in [5, 5.41) is 0. The lowest BCUT2D eigenvalue weighted by Gasteiger charge is -2.15. The van der Waals surface area contributed by atoms with E-state index in [4.69, 9.17) is 5.73 Å². The number of hydrogen-bond donors (Lipinski definition) is 1. The number of nitrogens with zero attached hydrogens (tertiary/aromatic N) is 2. The van der Waals surface area contributed by atoms with Crippen molar-refractivity contribution in [2.24, 2.45) is 5.73 Å². The molecule has 96 valence electrons. The molecule has 1 heterocycles. The summed E-state index contributed by atoms with van der Waals surface area (Å²) in [6, 6.07) is 5.84. The number of rotatable bonds is 4. The maximum atomic E-state index is 6.30. The Bertz CT molecular complexity index is 517. The molecule has 0 aliphatic carbocycles. The summed E-state index contributed by atoms with van der Waals surface area (Å²) >= 11 is 6.96. The van der Waals surface area contributed by atoms with Crippen molar-refractivity contribution in [3.63, 3.8) is 0 Å². The zero-order valence-corrected chi connectivity index (χ0v) is 13.3. The lowest BCUT2D eigenvalue weighted by atomic mass is 10.1. The Hall–Kier alpha value is -0.650. The van der Waals surface area contributed by atoms with Crippen LogP contribution in [-0.4, -0.2) is 9.55 Å². The molecule has 1 unspecified atom stereocenters. The molecule has 18 heavy (non-hydrogen) atoms. The second-order valence-corrected chi connectivity index (χ2v) is 5.99. The molecule has 1 aromatic heterocycles. The van der Waals surface area contributed by atoms with E-state index < -0.39 is 0 Å². The van der Waals surface area contributed by atoms with Gasteiger partial charge in [0.2, 0.25) is 0 Å². The molecule has 1 atom stereocenters. The van der Waals surface area contributed by atoms with Crippen LogP contribution in [0.2, 0.25) is 0 Å². The first-order chi connectivity index (χ1) is 8.61. The van der Waals surface area contributed by atoms with Gasteiger partial charge in [-0.25, -0.2) is 4.98 Å². The standard InChI is InChI=1S/C13H15Br2N3/c1-2-4-18-5-3-17-13(18)12(16)9-6-10(14)8-11(15)7-9/h3,5-8,12H,2,4,16H2,1H3. The number of hydrogen-bond acceptors (Lipinski definition) is 2. The van der Waals surface area contributed by atoms with Crippen LogP contribution in [0.1, 0.15) is 30.8 Å². The normalized spacial score (nSPS) is 12.7. The Morgan fingerprint density at radius 1 is 1.28 bits per heavy atom. The van der Waals surface area contributed by atoms with E-state index in [1.807, 2.05) is 24.4 Å². The van der Waals surface area contributed by atoms with Crippen LogP contribution in [0.25, 0.3) is 0 Å². The van der Waals surface area contributed by atoms with Crippen molar-refractivity contribution < 1.29 is 0 Å². The fraction of sp³-hybridized carbons (Fsp3) is 0.308. The molecule has 0 amide bonds. The highest BCUT2D eigenvalue weighted by atomic mass is 79.9. The van der Waals surface area contributed by atoms with Gasteiger partial charge in [-0.15, -0.1) is 0 Å². The van der Waals surface area contributed by atoms with Gasteiger partial charge in [0.15, 0.2) is 0 Å². The van der Waals surface area contributed by atoms with Crippen molar-refractivity contribution in [2.75, 3.05) is 0 Å². The van der Waals surface area contributed by atoms with Gasteiger partial charge >= 0.3 is 0 Å². The fourth-order valence-electron chi connectivity index (χ4n) is 1.93. The molecule has 0 bridgehead atoms. The van der Waals surface area contributed by atoms with Crippen LogP contribution in [0.15, 0.2) is 39.5 Å². The monoisotopic (exact) mass is 371 g/mol. The third-order valence-electron chi connectivity index (χ3n) is 2.73. The SMILES string of the molecule is CCCn1ccnc1C(N)c1cc(Br)cc(Br)c1. The second kappa shape index (κ2) is 5.99. The Kier molecular flexibility index (Phi) is 4.59. The Morgan fingerprint density at radius 2 is 1.94 bits per heavy atom. The molecule has 5 heteroatoms. The van der Waals surface area contributed by atoms with Crippen LogP contribution in [-0.2, 0) is 6.54 Å². The van der Waals surface area contributed by atoms with E-state index in [1.54, 1.807) is 6.20 Å². The van der Waals surface area contributed by atoms with Gasteiger partial charge in [-0.3, -0.25) is 0 Å². The van der Waals surface area contributed by atoms with Gasteiger partial charge in [0.1, 0.15) is 5.82 Å². The third-order valence-corrected chi connectivity index (χ3v) is 3.65. The summed E-state index contributed by atoms with van der Waals surface area (Å²) in [6.07, 6.45) is 4.85. The summed E-state index contributed by atoms with van der Waals surface area (Å²) in [5.41, 5.74) is 7.35. The Labute approximate surface area is 124 Å². The predicted molar refractivity (Wildman–Crippen MR) is 80.4 cm³/mol. The molecule has 2 aromatic rings. The van der Waals surface area contributed by atoms with Crippen LogP contribution in [0, 0.1) is 0 Å². The van der Waals surface area contributed by atoms with Crippen molar-refractivity contribution in [2.45, 2.75) is 25.9 Å². The number of imidazole rings is 1. The minimum Gasteiger partial charge on any atom is -0.333 e. The molecular weight excluding hydrogens is 358 g/mol. The summed E-state index contributed by atoms with van der Waals surface area (Å²) in [4.78, 5) is 4.38. The highest BCUT2D eigenvalue weighted by molar-refractivity contribution is 9.11. The summed E-state index contributed by atoms with van der Waals surface area (Å²) in [5.74, 6) is 0.904. The van der Waals surface area contributed by atoms with Crippen LogP contribution >= 0.6 is 31.9 Å². The van der Waals surface area contributed by atoms with Crippen molar-refractivity contribution in [1.82, 2.24) is 9.55 Å². The average molecular weight is 373 g/mol. The zero-order chi connectivity index (χ0) is 13.1. The molecule has 0 spiro atoms. The third kappa shape index (κ3) is 3.02. The summed E-state index contributed by atoms with van der Waals surface area (Å²) < 4.78 is 4.13. The van der Waals surface area contributed by atoms with Crippen LogP contribution in [0.3, 0.4) is 0 Å². The van der Waals surface area contributed by atoms with E-state index in [0.29, 0.717) is 0 Å². The minimum atomic E-state index is -0.208. The number of aryl methyl sites for hydroxylation is 1. The molecule has 2 N–H and O–H groups in total. The highest BCUT2D eigenvalue weighted by Gasteiger charge is 2.15. The number of nitrogens with two attached hydrogens (primary N) is 1. The topological polar surface area (TPSA) is 43.8 Å². The zero-order valence-electron chi connectivity index (χ0n) is 10.1. The second-order valence-electron chi connectivity index (χ2n) is 4.16. The van der Waals surface area contributed by atoms with Gasteiger partial charge in [-0.2, -0.15) is 0 Å². The van der Waals surface area contributed by atoms with Crippen LogP contribution < -0.4 is 5.73 Å². The van der Waals surface area contributed by atoms with E-state index in [1.165, 1.54) is 0 Å². The number of halogens is 2. The van der Waals surface area contributed by atoms with E-state index in [-0.39, 0.29) is 6.04 Å². The van der Waals surface area contributed by atoms with Gasteiger partial charge in [0, 0.05) is 27.9 Å². The largest absolute Gasteiger partial charge is 0.333 e. The summed E-state index contributed by atoms with van der Waals surface area (Å²) in [6.45, 7) is 3.09. The molecule has 0 saturated carbocycles. The highest BCUT2D eigenvalue weighted by Crippen LogP contribution is 2.26. The predicted octanol–water partition coefficient (Wildman–Crippen LogP) is 3.87. The van der Waals surface area contributed by atoms with Crippen molar-refractivity contribution >= 4 is 31.9 Å². The van der Waals surface area contributed by atoms with Gasteiger partial charge in [0.25, 0.3) is 0 Å². The smallest absolute Gasteiger partial charge is 0.130 e. The first kappa shape index (κ1) is 13.8. The van der Waals surface area contributed by atoms with Crippen molar-refractivity contribution in [1.29, 1.82) is 0 Å². The molecule has 1 aromatic carbocycles. The molecule has 0 fully saturated rings. The Morgan fingerprint density at radius 3 is 2.56 bits per heavy atom. The molecular formula is C13H15Br2N3. The van der Waals surface area contributed by atoms with Gasteiger partial charge < -0.3 is 10.3 Å². The minimum absolute atomic E-state index is 0.208. The van der Waals surface area contributed by atoms with E-state index >= 15 is 0 Å². The van der Waals surface area contributed by atoms with Crippen LogP contribution in [0.4, 0.5) is 0 Å². The molecule has 2 rings (SSSR count). The van der Waals surface area contributed by atoms with Gasteiger partial charge in [0.05, 0.1) is 6.04 Å². The van der Waals surface area contributed by atoms with Gasteiger partial charge in [-0.1, -0.05) is 38.8 Å². The fourth-order valence-corrected chi connectivity index (χ4v) is 3.26. The molecule has 0 saturated heterocycles. The van der Waals surface area contributed by atoms with Crippen molar-refractivity contribution in [3.05, 3.63) is 50.9 Å². The first-order valence-electron chi connectivity index (χ1n) is 5.84. The first-order valence-corrected chi connectivity index (χ1v) is 7.43. The number of aromatic nitrogens is 2. The average Bonchev–Trinajstić information content (AvgIpc) is 2.75. The van der Waals surface area contributed by atoms with Crippen LogP contribution in [0.5, 0.6) is 0 Å². The maximum absolute atomic E-state index is 6.30. The number of benzene rings is 1. The van der Waals surface area contributed by atoms with E-state index in [2.05, 4.69) is 48.3 Å². The van der Waals surface area contributed by atoms with Crippen molar-refractivity contribution in [3.8, 4) is 0 Å². The van der Waals surface area contributed by atoms with Gasteiger partial charge in [-0.05, 0) is 30.2 Å². The quantitative estimate of drug-likeness (QED) is 0.885. The lowest BCUT2D eigenvalue weighted by molar-refractivity contribution is 0.612. The molecule has 3 nitrogen and oxygen atoms in total. The maximum Gasteiger partial charge on any atom is 0.130 e. The molecule has 0 aliphatic heterocycles. The Balaban J connectivity index is 2.34. The molecule has 0 aliphatic rings. The lowest BCUT2D eigenvalue weighted by Crippen LogP contribution is -2.18. The molecule has 0 radical (unpaired) electrons.